The summed E-state index contributed by atoms with van der Waals surface area (Å²) in [4.78, 5) is 19.8. The lowest BCUT2D eigenvalue weighted by molar-refractivity contribution is -0.178. The van der Waals surface area contributed by atoms with Crippen LogP contribution in [0, 0.1) is 6.92 Å². The standard InChI is InChI=1S/C9H9ClO3/c1-6-3-7(5-11)9(13-12-2)4-8(6)10/h3-5H,1-2H3. The summed E-state index contributed by atoms with van der Waals surface area (Å²) in [5, 5.41) is 0.539. The zero-order chi connectivity index (χ0) is 9.84. The van der Waals surface area contributed by atoms with Crippen molar-refractivity contribution < 1.29 is 14.6 Å². The minimum absolute atomic E-state index is 0.327. The molecule has 0 amide bonds. The normalized spacial score (nSPS) is 9.77. The van der Waals surface area contributed by atoms with Gasteiger partial charge < -0.3 is 4.89 Å². The SMILES string of the molecule is COOc1cc(Cl)c(C)cc1C=O. The molecule has 0 aromatic heterocycles. The van der Waals surface area contributed by atoms with Gasteiger partial charge in [0.25, 0.3) is 0 Å². The van der Waals surface area contributed by atoms with Gasteiger partial charge in [-0.1, -0.05) is 11.6 Å². The summed E-state index contributed by atoms with van der Waals surface area (Å²) >= 11 is 5.83. The molecule has 3 nitrogen and oxygen atoms in total. The molecule has 1 rings (SSSR count). The van der Waals surface area contributed by atoms with E-state index in [0.29, 0.717) is 22.6 Å². The first-order valence-electron chi connectivity index (χ1n) is 3.65. The quantitative estimate of drug-likeness (QED) is 0.427. The van der Waals surface area contributed by atoms with Crippen LogP contribution in [0.15, 0.2) is 12.1 Å². The number of rotatable bonds is 3. The van der Waals surface area contributed by atoms with Crippen molar-refractivity contribution in [2.24, 2.45) is 0 Å². The highest BCUT2D eigenvalue weighted by atomic mass is 35.5. The third kappa shape index (κ3) is 2.20. The fourth-order valence-electron chi connectivity index (χ4n) is 0.940. The minimum Gasteiger partial charge on any atom is -0.337 e. The molecule has 70 valence electrons. The summed E-state index contributed by atoms with van der Waals surface area (Å²) in [6, 6.07) is 3.19. The third-order valence-corrected chi connectivity index (χ3v) is 2.00. The van der Waals surface area contributed by atoms with Gasteiger partial charge in [0.2, 0.25) is 0 Å². The molecular formula is C9H9ClO3. The predicted octanol–water partition coefficient (Wildman–Crippen LogP) is 2.40. The van der Waals surface area contributed by atoms with Crippen molar-refractivity contribution in [2.45, 2.75) is 6.92 Å². The molecule has 0 saturated carbocycles. The molecule has 0 atom stereocenters. The molecular weight excluding hydrogens is 192 g/mol. The third-order valence-electron chi connectivity index (χ3n) is 1.59. The van der Waals surface area contributed by atoms with Crippen LogP contribution in [-0.4, -0.2) is 13.4 Å². The average molecular weight is 201 g/mol. The van der Waals surface area contributed by atoms with Gasteiger partial charge in [0.05, 0.1) is 12.7 Å². The zero-order valence-electron chi connectivity index (χ0n) is 7.33. The Morgan fingerprint density at radius 3 is 2.69 bits per heavy atom. The lowest BCUT2D eigenvalue weighted by Crippen LogP contribution is -1.96. The van der Waals surface area contributed by atoms with Gasteiger partial charge in [-0.25, -0.2) is 0 Å². The van der Waals surface area contributed by atoms with E-state index in [1.165, 1.54) is 7.11 Å². The van der Waals surface area contributed by atoms with Crippen molar-refractivity contribution >= 4 is 17.9 Å². The second kappa shape index (κ2) is 4.25. The van der Waals surface area contributed by atoms with E-state index < -0.39 is 0 Å². The lowest BCUT2D eigenvalue weighted by Gasteiger charge is -2.05. The van der Waals surface area contributed by atoms with Gasteiger partial charge in [0.1, 0.15) is 0 Å². The Labute approximate surface area is 81.1 Å². The number of aldehydes is 1. The number of hydrogen-bond donors (Lipinski definition) is 0. The number of carbonyl (C=O) groups is 1. The molecule has 0 radical (unpaired) electrons. The molecule has 1 aromatic rings. The fraction of sp³-hybridized carbons (Fsp3) is 0.222. The van der Waals surface area contributed by atoms with Crippen LogP contribution in [0.25, 0.3) is 0 Å². The van der Waals surface area contributed by atoms with Gasteiger partial charge in [-0.15, -0.1) is 0 Å². The summed E-state index contributed by atoms with van der Waals surface area (Å²) in [6.45, 7) is 1.81. The number of benzene rings is 1. The highest BCUT2D eigenvalue weighted by Gasteiger charge is 2.07. The highest BCUT2D eigenvalue weighted by molar-refractivity contribution is 6.31. The minimum atomic E-state index is 0.327. The topological polar surface area (TPSA) is 35.5 Å². The average Bonchev–Trinajstić information content (AvgIpc) is 2.11. The maximum Gasteiger partial charge on any atom is 0.177 e. The van der Waals surface area contributed by atoms with Crippen LogP contribution in [-0.2, 0) is 4.89 Å². The second-order valence-corrected chi connectivity index (χ2v) is 2.91. The van der Waals surface area contributed by atoms with Gasteiger partial charge in [-0.05, 0) is 18.6 Å². The van der Waals surface area contributed by atoms with Crippen LogP contribution < -0.4 is 4.89 Å². The Morgan fingerprint density at radius 1 is 1.46 bits per heavy atom. The molecule has 0 aliphatic carbocycles. The van der Waals surface area contributed by atoms with Crippen LogP contribution in [0.4, 0.5) is 0 Å². The first kappa shape index (κ1) is 10.0. The van der Waals surface area contributed by atoms with E-state index in [1.807, 2.05) is 6.92 Å². The van der Waals surface area contributed by atoms with Crippen LogP contribution in [0.1, 0.15) is 15.9 Å². The van der Waals surface area contributed by atoms with E-state index >= 15 is 0 Å². The Balaban J connectivity index is 3.16. The van der Waals surface area contributed by atoms with Gasteiger partial charge in [-0.2, -0.15) is 4.89 Å². The van der Waals surface area contributed by atoms with Crippen LogP contribution >= 0.6 is 11.6 Å². The molecule has 0 saturated heterocycles. The zero-order valence-corrected chi connectivity index (χ0v) is 8.09. The number of halogens is 1. The summed E-state index contributed by atoms with van der Waals surface area (Å²) in [5.41, 5.74) is 1.25. The van der Waals surface area contributed by atoms with Crippen molar-refractivity contribution in [1.82, 2.24) is 0 Å². The smallest absolute Gasteiger partial charge is 0.177 e. The van der Waals surface area contributed by atoms with E-state index in [2.05, 4.69) is 4.89 Å². The second-order valence-electron chi connectivity index (χ2n) is 2.51. The Hall–Kier alpha value is -1.06. The lowest BCUT2D eigenvalue weighted by atomic mass is 10.1. The molecule has 4 heteroatoms. The molecule has 0 heterocycles. The predicted molar refractivity (Wildman–Crippen MR) is 49.2 cm³/mol. The van der Waals surface area contributed by atoms with E-state index in [1.54, 1.807) is 12.1 Å². The van der Waals surface area contributed by atoms with E-state index in [-0.39, 0.29) is 0 Å². The van der Waals surface area contributed by atoms with Crippen LogP contribution in [0.3, 0.4) is 0 Å². The summed E-state index contributed by atoms with van der Waals surface area (Å²) < 4.78 is 0. The van der Waals surface area contributed by atoms with Crippen molar-refractivity contribution in [3.63, 3.8) is 0 Å². The van der Waals surface area contributed by atoms with E-state index in [9.17, 15) is 4.79 Å². The van der Waals surface area contributed by atoms with Crippen molar-refractivity contribution in [2.75, 3.05) is 7.11 Å². The number of aryl methyl sites for hydroxylation is 1. The van der Waals surface area contributed by atoms with Gasteiger partial charge in [-0.3, -0.25) is 4.79 Å². The number of carbonyl (C=O) groups excluding carboxylic acids is 1. The van der Waals surface area contributed by atoms with Crippen molar-refractivity contribution in [3.8, 4) is 5.75 Å². The fourth-order valence-corrected chi connectivity index (χ4v) is 1.09. The molecule has 13 heavy (non-hydrogen) atoms. The first-order valence-corrected chi connectivity index (χ1v) is 4.03. The van der Waals surface area contributed by atoms with Crippen LogP contribution in [0.5, 0.6) is 5.75 Å². The Bertz CT molecular complexity index is 323. The largest absolute Gasteiger partial charge is 0.337 e. The van der Waals surface area contributed by atoms with Gasteiger partial charge >= 0.3 is 0 Å². The maximum absolute atomic E-state index is 10.6. The first-order chi connectivity index (χ1) is 6.19. The number of hydrogen-bond acceptors (Lipinski definition) is 3. The molecule has 0 bridgehead atoms. The van der Waals surface area contributed by atoms with E-state index in [0.717, 1.165) is 5.56 Å². The molecule has 0 aliphatic heterocycles. The van der Waals surface area contributed by atoms with Crippen LogP contribution in [0.2, 0.25) is 5.02 Å². The molecule has 0 unspecified atom stereocenters. The van der Waals surface area contributed by atoms with Gasteiger partial charge in [0, 0.05) is 11.1 Å². The molecule has 0 spiro atoms. The maximum atomic E-state index is 10.6. The molecule has 0 fully saturated rings. The van der Waals surface area contributed by atoms with Crippen molar-refractivity contribution in [1.29, 1.82) is 0 Å². The van der Waals surface area contributed by atoms with E-state index in [4.69, 9.17) is 16.5 Å². The molecule has 0 N–H and O–H groups in total. The summed E-state index contributed by atoms with van der Waals surface area (Å²) in [6.07, 6.45) is 0.692. The monoisotopic (exact) mass is 200 g/mol. The molecule has 1 aromatic carbocycles. The van der Waals surface area contributed by atoms with Gasteiger partial charge in [0.15, 0.2) is 12.0 Å². The summed E-state index contributed by atoms with van der Waals surface area (Å²) in [7, 11) is 1.36. The summed E-state index contributed by atoms with van der Waals surface area (Å²) in [5.74, 6) is 0.327. The molecule has 0 aliphatic rings. The van der Waals surface area contributed by atoms with Crippen molar-refractivity contribution in [3.05, 3.63) is 28.3 Å². The Kier molecular flexibility index (Phi) is 3.28. The highest BCUT2D eigenvalue weighted by Crippen LogP contribution is 2.25. The Morgan fingerprint density at radius 2 is 2.15 bits per heavy atom.